The summed E-state index contributed by atoms with van der Waals surface area (Å²) in [6.07, 6.45) is 1.57. The summed E-state index contributed by atoms with van der Waals surface area (Å²) in [5.41, 5.74) is 5.31. The molecule has 0 fully saturated rings. The van der Waals surface area contributed by atoms with Gasteiger partial charge in [0.05, 0.1) is 0 Å². The number of carboxylic acids is 1. The van der Waals surface area contributed by atoms with E-state index in [0.29, 0.717) is 26.1 Å². The molecule has 0 saturated heterocycles. The Bertz CT molecular complexity index is 287. The lowest BCUT2D eigenvalue weighted by atomic mass is 9.76. The van der Waals surface area contributed by atoms with Crippen LogP contribution in [0.5, 0.6) is 0 Å². The SMILES string of the molecule is CC(C)(C)C(CCNC(=O)NCCN)CCC(=O)O. The fourth-order valence-corrected chi connectivity index (χ4v) is 1.92. The molecular formula is C13H27N3O3. The molecule has 0 saturated carbocycles. The van der Waals surface area contributed by atoms with Gasteiger partial charge in [-0.3, -0.25) is 4.79 Å². The van der Waals surface area contributed by atoms with Gasteiger partial charge in [-0.1, -0.05) is 20.8 Å². The van der Waals surface area contributed by atoms with Crippen LogP contribution in [0.3, 0.4) is 0 Å². The van der Waals surface area contributed by atoms with E-state index in [1.807, 2.05) is 0 Å². The molecule has 5 N–H and O–H groups in total. The molecule has 2 amide bonds. The summed E-state index contributed by atoms with van der Waals surface area (Å²) in [5.74, 6) is -0.513. The summed E-state index contributed by atoms with van der Waals surface area (Å²) in [6, 6.07) is -0.226. The van der Waals surface area contributed by atoms with E-state index in [9.17, 15) is 9.59 Å². The van der Waals surface area contributed by atoms with Crippen molar-refractivity contribution in [2.45, 2.75) is 40.0 Å². The third-order valence-corrected chi connectivity index (χ3v) is 3.14. The van der Waals surface area contributed by atoms with E-state index in [4.69, 9.17) is 10.8 Å². The first-order valence-electron chi connectivity index (χ1n) is 6.71. The molecule has 112 valence electrons. The lowest BCUT2D eigenvalue weighted by Gasteiger charge is -2.30. The maximum absolute atomic E-state index is 11.3. The summed E-state index contributed by atoms with van der Waals surface area (Å²) in [6.45, 7) is 7.68. The summed E-state index contributed by atoms with van der Waals surface area (Å²) in [5, 5.41) is 14.1. The monoisotopic (exact) mass is 273 g/mol. The number of aliphatic carboxylic acids is 1. The van der Waals surface area contributed by atoms with E-state index in [1.54, 1.807) is 0 Å². The molecule has 0 aliphatic carbocycles. The van der Waals surface area contributed by atoms with Gasteiger partial charge in [-0.25, -0.2) is 4.79 Å². The standard InChI is InChI=1S/C13H27N3O3/c1-13(2,3)10(4-5-11(17)18)6-8-15-12(19)16-9-7-14/h10H,4-9,14H2,1-3H3,(H,17,18)(H2,15,16,19). The van der Waals surface area contributed by atoms with E-state index in [0.717, 1.165) is 6.42 Å². The molecule has 0 aromatic rings. The minimum Gasteiger partial charge on any atom is -0.481 e. The molecule has 0 rings (SSSR count). The van der Waals surface area contributed by atoms with Crippen molar-refractivity contribution in [3.8, 4) is 0 Å². The Kier molecular flexibility index (Phi) is 8.14. The number of nitrogens with one attached hydrogen (secondary N) is 2. The molecular weight excluding hydrogens is 246 g/mol. The van der Waals surface area contributed by atoms with Gasteiger partial charge in [0.2, 0.25) is 0 Å². The molecule has 0 radical (unpaired) electrons. The largest absolute Gasteiger partial charge is 0.481 e. The Balaban J connectivity index is 4.06. The number of carboxylic acid groups (broad SMARTS) is 1. The van der Waals surface area contributed by atoms with E-state index in [1.165, 1.54) is 0 Å². The van der Waals surface area contributed by atoms with Gasteiger partial charge in [0, 0.05) is 26.1 Å². The second kappa shape index (κ2) is 8.74. The average molecular weight is 273 g/mol. The van der Waals surface area contributed by atoms with Crippen LogP contribution in [0.4, 0.5) is 4.79 Å². The van der Waals surface area contributed by atoms with Crippen LogP contribution in [-0.2, 0) is 4.79 Å². The quantitative estimate of drug-likeness (QED) is 0.532. The van der Waals surface area contributed by atoms with Crippen LogP contribution in [0.2, 0.25) is 0 Å². The molecule has 6 nitrogen and oxygen atoms in total. The van der Waals surface area contributed by atoms with Crippen molar-refractivity contribution in [3.63, 3.8) is 0 Å². The number of carbonyl (C=O) groups is 2. The Hall–Kier alpha value is -1.30. The van der Waals surface area contributed by atoms with Crippen molar-refractivity contribution in [1.82, 2.24) is 10.6 Å². The predicted molar refractivity (Wildman–Crippen MR) is 74.9 cm³/mol. The second-order valence-corrected chi connectivity index (χ2v) is 5.76. The molecule has 0 spiro atoms. The average Bonchev–Trinajstić information content (AvgIpc) is 2.28. The molecule has 0 heterocycles. The molecule has 0 aromatic heterocycles. The van der Waals surface area contributed by atoms with Crippen LogP contribution in [0, 0.1) is 11.3 Å². The maximum atomic E-state index is 11.3. The number of nitrogens with two attached hydrogens (primary N) is 1. The van der Waals surface area contributed by atoms with Crippen LogP contribution in [0.15, 0.2) is 0 Å². The van der Waals surface area contributed by atoms with E-state index >= 15 is 0 Å². The van der Waals surface area contributed by atoms with E-state index < -0.39 is 5.97 Å². The van der Waals surface area contributed by atoms with E-state index in [2.05, 4.69) is 31.4 Å². The van der Waals surface area contributed by atoms with Crippen LogP contribution in [0.1, 0.15) is 40.0 Å². The normalized spacial score (nSPS) is 12.8. The van der Waals surface area contributed by atoms with Gasteiger partial charge < -0.3 is 21.5 Å². The lowest BCUT2D eigenvalue weighted by Crippen LogP contribution is -2.39. The minimum absolute atomic E-state index is 0.0326. The van der Waals surface area contributed by atoms with Crippen molar-refractivity contribution >= 4 is 12.0 Å². The first-order valence-corrected chi connectivity index (χ1v) is 6.71. The van der Waals surface area contributed by atoms with Crippen molar-refractivity contribution in [2.75, 3.05) is 19.6 Å². The zero-order valence-electron chi connectivity index (χ0n) is 12.2. The molecule has 0 aliphatic rings. The van der Waals surface area contributed by atoms with Crippen LogP contribution in [-0.4, -0.2) is 36.7 Å². The number of rotatable bonds is 8. The Morgan fingerprint density at radius 3 is 2.21 bits per heavy atom. The highest BCUT2D eigenvalue weighted by molar-refractivity contribution is 5.73. The summed E-state index contributed by atoms with van der Waals surface area (Å²) >= 11 is 0. The number of hydrogen-bond donors (Lipinski definition) is 4. The zero-order valence-corrected chi connectivity index (χ0v) is 12.2. The molecule has 6 heteroatoms. The van der Waals surface area contributed by atoms with Crippen molar-refractivity contribution < 1.29 is 14.7 Å². The lowest BCUT2D eigenvalue weighted by molar-refractivity contribution is -0.137. The molecule has 0 aliphatic heterocycles. The van der Waals surface area contributed by atoms with Crippen LogP contribution >= 0.6 is 0 Å². The van der Waals surface area contributed by atoms with Gasteiger partial charge in [0.15, 0.2) is 0 Å². The summed E-state index contributed by atoms with van der Waals surface area (Å²) < 4.78 is 0. The number of amides is 2. The molecule has 1 unspecified atom stereocenters. The van der Waals surface area contributed by atoms with Gasteiger partial charge in [-0.05, 0) is 24.2 Å². The highest BCUT2D eigenvalue weighted by Crippen LogP contribution is 2.32. The molecule has 0 aromatic carbocycles. The number of urea groups is 1. The fourth-order valence-electron chi connectivity index (χ4n) is 1.92. The van der Waals surface area contributed by atoms with Gasteiger partial charge in [0.25, 0.3) is 0 Å². The van der Waals surface area contributed by atoms with E-state index in [-0.39, 0.29) is 23.8 Å². The zero-order chi connectivity index (χ0) is 14.9. The van der Waals surface area contributed by atoms with Gasteiger partial charge in [-0.2, -0.15) is 0 Å². The van der Waals surface area contributed by atoms with Crippen LogP contribution < -0.4 is 16.4 Å². The van der Waals surface area contributed by atoms with Crippen LogP contribution in [0.25, 0.3) is 0 Å². The van der Waals surface area contributed by atoms with Gasteiger partial charge in [-0.15, -0.1) is 0 Å². The van der Waals surface area contributed by atoms with Crippen molar-refractivity contribution in [3.05, 3.63) is 0 Å². The highest BCUT2D eigenvalue weighted by Gasteiger charge is 2.24. The van der Waals surface area contributed by atoms with Crippen molar-refractivity contribution in [1.29, 1.82) is 0 Å². The third-order valence-electron chi connectivity index (χ3n) is 3.14. The summed E-state index contributed by atoms with van der Waals surface area (Å²) in [7, 11) is 0. The topological polar surface area (TPSA) is 104 Å². The van der Waals surface area contributed by atoms with Gasteiger partial charge in [0.1, 0.15) is 0 Å². The predicted octanol–water partition coefficient (Wildman–Crippen LogP) is 1.16. The first kappa shape index (κ1) is 17.7. The Labute approximate surface area is 115 Å². The summed E-state index contributed by atoms with van der Waals surface area (Å²) in [4.78, 5) is 22.0. The Morgan fingerprint density at radius 2 is 1.74 bits per heavy atom. The second-order valence-electron chi connectivity index (χ2n) is 5.76. The number of hydrogen-bond acceptors (Lipinski definition) is 3. The third kappa shape index (κ3) is 9.30. The highest BCUT2D eigenvalue weighted by atomic mass is 16.4. The molecule has 1 atom stereocenters. The fraction of sp³-hybridized carbons (Fsp3) is 0.846. The smallest absolute Gasteiger partial charge is 0.314 e. The van der Waals surface area contributed by atoms with Gasteiger partial charge >= 0.3 is 12.0 Å². The minimum atomic E-state index is -0.775. The molecule has 19 heavy (non-hydrogen) atoms. The first-order chi connectivity index (χ1) is 8.77. The number of carbonyl (C=O) groups excluding carboxylic acids is 1. The maximum Gasteiger partial charge on any atom is 0.314 e. The van der Waals surface area contributed by atoms with Crippen molar-refractivity contribution in [2.24, 2.45) is 17.1 Å². The molecule has 0 bridgehead atoms. The Morgan fingerprint density at radius 1 is 1.16 bits per heavy atom.